The zero-order valence-electron chi connectivity index (χ0n) is 27.3. The Labute approximate surface area is 260 Å². The number of quaternary nitrogens is 1. The number of hydrogen-bond donors (Lipinski definition) is 2. The van der Waals surface area contributed by atoms with Crippen LogP contribution in [0.4, 0.5) is 4.79 Å². The van der Waals surface area contributed by atoms with Crippen LogP contribution in [0.5, 0.6) is 5.88 Å². The first-order valence-corrected chi connectivity index (χ1v) is 17.5. The molecule has 11 heteroatoms. The molecule has 0 saturated heterocycles. The monoisotopic (exact) mass is 620 g/mol. The summed E-state index contributed by atoms with van der Waals surface area (Å²) < 4.78 is 26.1. The van der Waals surface area contributed by atoms with Gasteiger partial charge in [-0.05, 0) is 25.0 Å². The van der Waals surface area contributed by atoms with Gasteiger partial charge in [-0.1, -0.05) is 112 Å². The molecule has 242 valence electrons. The SMILES string of the molecule is CC.CC.CCCCCCCCCCOC(=O)OC[N+]1(C)CCC=C(c2nsnc2OCCCCCC)C1.NSN. The van der Waals surface area contributed by atoms with Crippen molar-refractivity contribution in [3.63, 3.8) is 0 Å². The van der Waals surface area contributed by atoms with Gasteiger partial charge < -0.3 is 14.2 Å². The normalized spacial score (nSPS) is 15.6. The van der Waals surface area contributed by atoms with E-state index in [2.05, 4.69) is 46.0 Å². The molecule has 0 aliphatic carbocycles. The first kappa shape index (κ1) is 41.7. The number of nitrogens with zero attached hydrogens (tertiary/aromatic N) is 3. The lowest BCUT2D eigenvalue weighted by Gasteiger charge is -2.36. The average Bonchev–Trinajstić information content (AvgIpc) is 3.46. The highest BCUT2D eigenvalue weighted by molar-refractivity contribution is 7.94. The molecule has 9 nitrogen and oxygen atoms in total. The van der Waals surface area contributed by atoms with Gasteiger partial charge in [0.25, 0.3) is 5.88 Å². The highest BCUT2D eigenvalue weighted by atomic mass is 32.2. The Morgan fingerprint density at radius 1 is 0.878 bits per heavy atom. The van der Waals surface area contributed by atoms with Gasteiger partial charge in [0.05, 0.1) is 38.5 Å². The van der Waals surface area contributed by atoms with Crippen LogP contribution in [0.15, 0.2) is 6.08 Å². The molecule has 1 aromatic rings. The van der Waals surface area contributed by atoms with E-state index in [0.717, 1.165) is 62.2 Å². The number of hydrogen-bond acceptors (Lipinski definition) is 10. The molecule has 1 aliphatic heterocycles. The minimum Gasteiger partial charge on any atom is -0.475 e. The molecule has 4 N–H and O–H groups in total. The maximum atomic E-state index is 12.1. The lowest BCUT2D eigenvalue weighted by Crippen LogP contribution is -2.49. The van der Waals surface area contributed by atoms with E-state index in [9.17, 15) is 4.79 Å². The second-order valence-electron chi connectivity index (χ2n) is 9.83. The molecule has 41 heavy (non-hydrogen) atoms. The van der Waals surface area contributed by atoms with Crippen LogP contribution in [-0.2, 0) is 9.47 Å². The van der Waals surface area contributed by atoms with E-state index in [1.54, 1.807) is 0 Å². The van der Waals surface area contributed by atoms with Gasteiger partial charge in [-0.25, -0.2) is 4.79 Å². The molecule has 1 unspecified atom stereocenters. The van der Waals surface area contributed by atoms with E-state index < -0.39 is 6.16 Å². The minimum atomic E-state index is -0.565. The number of carbonyl (C=O) groups excluding carboxylic acids is 1. The zero-order valence-corrected chi connectivity index (χ0v) is 28.9. The summed E-state index contributed by atoms with van der Waals surface area (Å²) in [5.74, 6) is 0.631. The van der Waals surface area contributed by atoms with Crippen LogP contribution in [-0.4, -0.2) is 59.5 Å². The third-order valence-electron chi connectivity index (χ3n) is 6.32. The molecule has 1 aromatic heterocycles. The fraction of sp³-hybridized carbons (Fsp3) is 0.833. The molecule has 0 saturated carbocycles. The van der Waals surface area contributed by atoms with Crippen molar-refractivity contribution in [3.8, 4) is 5.88 Å². The predicted molar refractivity (Wildman–Crippen MR) is 177 cm³/mol. The summed E-state index contributed by atoms with van der Waals surface area (Å²) >= 11 is 1.94. The summed E-state index contributed by atoms with van der Waals surface area (Å²) in [6.45, 7) is 15.5. The maximum Gasteiger partial charge on any atom is 0.512 e. The van der Waals surface area contributed by atoms with E-state index >= 15 is 0 Å². The molecule has 0 aromatic carbocycles. The smallest absolute Gasteiger partial charge is 0.475 e. The Bertz CT molecular complexity index is 752. The molecule has 0 fully saturated rings. The molecule has 2 rings (SSSR count). The molecule has 1 atom stereocenters. The number of nitrogens with two attached hydrogens (primary N) is 2. The Morgan fingerprint density at radius 3 is 2.02 bits per heavy atom. The summed E-state index contributed by atoms with van der Waals surface area (Å²) in [5.41, 5.74) is 1.95. The topological polar surface area (TPSA) is 123 Å². The molecule has 0 bridgehead atoms. The van der Waals surface area contributed by atoms with Gasteiger partial charge in [-0.15, -0.1) is 4.37 Å². The molecule has 0 spiro atoms. The maximum absolute atomic E-state index is 12.1. The standard InChI is InChI=1S/C26H46N3O4S.2C2H6.H4N2S/c1-4-6-8-10-11-12-13-15-20-32-26(30)33-22-29(3)18-16-17-23(21-29)24-25(28-34-27-24)31-19-14-9-7-5-2;2*1-2;1-3-2/h17H,4-16,18-22H2,1-3H3;2*1-2H3;1-2H2/q+1;;;. The second-order valence-corrected chi connectivity index (χ2v) is 10.6. The van der Waals surface area contributed by atoms with Gasteiger partial charge in [-0.2, -0.15) is 4.37 Å². The molecular weight excluding hydrogens is 558 g/mol. The van der Waals surface area contributed by atoms with E-state index in [1.807, 2.05) is 27.7 Å². The Hall–Kier alpha value is -1.40. The second kappa shape index (κ2) is 30.1. The van der Waals surface area contributed by atoms with Crippen molar-refractivity contribution in [2.45, 2.75) is 125 Å². The highest BCUT2D eigenvalue weighted by Crippen LogP contribution is 2.30. The summed E-state index contributed by atoms with van der Waals surface area (Å²) in [4.78, 5) is 12.1. The first-order valence-electron chi connectivity index (χ1n) is 15.8. The zero-order chi connectivity index (χ0) is 31.2. The van der Waals surface area contributed by atoms with Gasteiger partial charge in [0.15, 0.2) is 0 Å². The Morgan fingerprint density at radius 2 is 1.41 bits per heavy atom. The lowest BCUT2D eigenvalue weighted by molar-refractivity contribution is -0.919. The number of aromatic nitrogens is 2. The molecule has 0 radical (unpaired) electrons. The van der Waals surface area contributed by atoms with E-state index in [1.165, 1.54) is 69.5 Å². The number of likely N-dealkylation sites (N-methyl/N-ethyl adjacent to an activating group) is 1. The molecule has 0 amide bonds. The summed E-state index contributed by atoms with van der Waals surface area (Å²) in [6, 6.07) is 0. The van der Waals surface area contributed by atoms with Gasteiger partial charge in [0.1, 0.15) is 12.2 Å². The van der Waals surface area contributed by atoms with Crippen molar-refractivity contribution in [3.05, 3.63) is 11.8 Å². The largest absolute Gasteiger partial charge is 0.512 e. The molecule has 1 aliphatic rings. The highest BCUT2D eigenvalue weighted by Gasteiger charge is 2.31. The van der Waals surface area contributed by atoms with Gasteiger partial charge >= 0.3 is 6.16 Å². The Balaban J connectivity index is 0. The van der Waals surface area contributed by atoms with Crippen molar-refractivity contribution in [1.82, 2.24) is 8.75 Å². The van der Waals surface area contributed by atoms with Crippen molar-refractivity contribution in [1.29, 1.82) is 0 Å². The van der Waals surface area contributed by atoms with E-state index in [0.29, 0.717) is 30.3 Å². The van der Waals surface area contributed by atoms with Crippen LogP contribution in [0, 0.1) is 0 Å². The fourth-order valence-electron chi connectivity index (χ4n) is 4.20. The van der Waals surface area contributed by atoms with Crippen molar-refractivity contribution < 1.29 is 23.5 Å². The third-order valence-corrected chi connectivity index (χ3v) is 6.83. The minimum absolute atomic E-state index is 0.290. The van der Waals surface area contributed by atoms with Gasteiger partial charge in [0.2, 0.25) is 6.73 Å². The van der Waals surface area contributed by atoms with Crippen molar-refractivity contribution in [2.75, 3.05) is 40.1 Å². The van der Waals surface area contributed by atoms with Crippen LogP contribution in [0.1, 0.15) is 131 Å². The van der Waals surface area contributed by atoms with Crippen LogP contribution >= 0.6 is 23.9 Å². The van der Waals surface area contributed by atoms with E-state index in [-0.39, 0.29) is 0 Å². The Kier molecular flexibility index (Phi) is 30.6. The fourth-order valence-corrected chi connectivity index (χ4v) is 4.73. The van der Waals surface area contributed by atoms with Crippen molar-refractivity contribution >= 4 is 35.6 Å². The van der Waals surface area contributed by atoms with Crippen LogP contribution in [0.25, 0.3) is 5.57 Å². The first-order chi connectivity index (χ1) is 20.0. The predicted octanol–water partition coefficient (Wildman–Crippen LogP) is 8.50. The average molecular weight is 621 g/mol. The summed E-state index contributed by atoms with van der Waals surface area (Å²) in [5, 5.41) is 9.08. The van der Waals surface area contributed by atoms with Crippen LogP contribution in [0.3, 0.4) is 0 Å². The quantitative estimate of drug-likeness (QED) is 0.0719. The third kappa shape index (κ3) is 21.9. The number of rotatable bonds is 18. The molecule has 2 heterocycles. The number of unbranched alkanes of at least 4 members (excludes halogenated alkanes) is 10. The number of carbonyl (C=O) groups is 1. The summed E-state index contributed by atoms with van der Waals surface area (Å²) in [7, 11) is 2.10. The number of ether oxygens (including phenoxy) is 3. The van der Waals surface area contributed by atoms with Gasteiger partial charge in [0, 0.05) is 12.0 Å². The van der Waals surface area contributed by atoms with Gasteiger partial charge in [-0.3, -0.25) is 14.8 Å². The lowest BCUT2D eigenvalue weighted by atomic mass is 10.1. The summed E-state index contributed by atoms with van der Waals surface area (Å²) in [6.07, 6.45) is 16.9. The molecular formula is C30H62N5O4S2+. The van der Waals surface area contributed by atoms with Crippen molar-refractivity contribution in [2.24, 2.45) is 10.3 Å². The van der Waals surface area contributed by atoms with Crippen LogP contribution in [0.2, 0.25) is 0 Å². The van der Waals surface area contributed by atoms with E-state index in [4.69, 9.17) is 14.2 Å². The van der Waals surface area contributed by atoms with Crippen LogP contribution < -0.4 is 15.0 Å².